The first-order chi connectivity index (χ1) is 6.58. The minimum absolute atomic E-state index is 0.00192. The van der Waals surface area contributed by atoms with Gasteiger partial charge in [0.2, 0.25) is 5.91 Å². The summed E-state index contributed by atoms with van der Waals surface area (Å²) in [5.74, 6) is 0.145. The SMILES string of the molecule is CC(CC(N)=O)Nc1ccc(N)nc1. The van der Waals surface area contributed by atoms with Gasteiger partial charge in [0.15, 0.2) is 0 Å². The third-order valence-electron chi connectivity index (χ3n) is 1.71. The van der Waals surface area contributed by atoms with E-state index in [4.69, 9.17) is 11.5 Å². The molecule has 0 fully saturated rings. The van der Waals surface area contributed by atoms with Crippen molar-refractivity contribution >= 4 is 17.4 Å². The monoisotopic (exact) mass is 194 g/mol. The first-order valence-corrected chi connectivity index (χ1v) is 4.34. The van der Waals surface area contributed by atoms with Gasteiger partial charge in [0.05, 0.1) is 11.9 Å². The summed E-state index contributed by atoms with van der Waals surface area (Å²) >= 11 is 0. The maximum absolute atomic E-state index is 10.6. The fourth-order valence-electron chi connectivity index (χ4n) is 1.13. The molecule has 0 aliphatic heterocycles. The molecule has 1 aromatic rings. The van der Waals surface area contributed by atoms with Gasteiger partial charge in [-0.15, -0.1) is 0 Å². The van der Waals surface area contributed by atoms with Crippen LogP contribution in [-0.4, -0.2) is 16.9 Å². The van der Waals surface area contributed by atoms with E-state index in [0.717, 1.165) is 5.69 Å². The Labute approximate surface area is 82.5 Å². The molecule has 5 heteroatoms. The van der Waals surface area contributed by atoms with Gasteiger partial charge in [-0.05, 0) is 19.1 Å². The summed E-state index contributed by atoms with van der Waals surface area (Å²) in [6, 6.07) is 3.50. The van der Waals surface area contributed by atoms with E-state index in [-0.39, 0.29) is 11.9 Å². The predicted molar refractivity (Wildman–Crippen MR) is 55.5 cm³/mol. The summed E-state index contributed by atoms with van der Waals surface area (Å²) in [6.07, 6.45) is 1.91. The number of hydrogen-bond donors (Lipinski definition) is 3. The van der Waals surface area contributed by atoms with Crippen molar-refractivity contribution < 1.29 is 4.79 Å². The normalized spacial score (nSPS) is 12.1. The summed E-state index contributed by atoms with van der Waals surface area (Å²) in [5.41, 5.74) is 11.3. The van der Waals surface area contributed by atoms with Crippen molar-refractivity contribution in [3.05, 3.63) is 18.3 Å². The maximum atomic E-state index is 10.6. The number of carbonyl (C=O) groups excluding carboxylic acids is 1. The number of nitrogens with two attached hydrogens (primary N) is 2. The van der Waals surface area contributed by atoms with Gasteiger partial charge >= 0.3 is 0 Å². The van der Waals surface area contributed by atoms with Gasteiger partial charge in [0.1, 0.15) is 5.82 Å². The molecule has 1 amide bonds. The highest BCUT2D eigenvalue weighted by atomic mass is 16.1. The van der Waals surface area contributed by atoms with Crippen molar-refractivity contribution in [1.82, 2.24) is 4.98 Å². The highest BCUT2D eigenvalue weighted by Crippen LogP contribution is 2.09. The lowest BCUT2D eigenvalue weighted by molar-refractivity contribution is -0.118. The second kappa shape index (κ2) is 4.45. The Morgan fingerprint density at radius 2 is 2.36 bits per heavy atom. The van der Waals surface area contributed by atoms with Gasteiger partial charge in [0.25, 0.3) is 0 Å². The smallest absolute Gasteiger partial charge is 0.219 e. The molecule has 1 unspecified atom stereocenters. The quantitative estimate of drug-likeness (QED) is 0.644. The molecule has 0 saturated heterocycles. The molecule has 5 nitrogen and oxygen atoms in total. The van der Waals surface area contributed by atoms with E-state index in [1.165, 1.54) is 0 Å². The number of anilines is 2. The van der Waals surface area contributed by atoms with Crippen molar-refractivity contribution in [2.45, 2.75) is 19.4 Å². The molecule has 1 atom stereocenters. The Kier molecular flexibility index (Phi) is 3.28. The number of carbonyl (C=O) groups is 1. The first-order valence-electron chi connectivity index (χ1n) is 4.34. The minimum Gasteiger partial charge on any atom is -0.384 e. The van der Waals surface area contributed by atoms with Crippen LogP contribution in [0.1, 0.15) is 13.3 Å². The number of nitrogen functional groups attached to an aromatic ring is 1. The summed E-state index contributed by atoms with van der Waals surface area (Å²) in [4.78, 5) is 14.5. The maximum Gasteiger partial charge on any atom is 0.219 e. The highest BCUT2D eigenvalue weighted by Gasteiger charge is 2.05. The zero-order chi connectivity index (χ0) is 10.6. The number of hydrogen-bond acceptors (Lipinski definition) is 4. The average molecular weight is 194 g/mol. The molecular formula is C9H14N4O. The van der Waals surface area contributed by atoms with Crippen LogP contribution < -0.4 is 16.8 Å². The molecule has 0 spiro atoms. The van der Waals surface area contributed by atoms with E-state index in [1.807, 2.05) is 6.92 Å². The molecule has 1 aromatic heterocycles. The van der Waals surface area contributed by atoms with Gasteiger partial charge < -0.3 is 16.8 Å². The van der Waals surface area contributed by atoms with Crippen LogP contribution in [0, 0.1) is 0 Å². The van der Waals surface area contributed by atoms with Crippen molar-refractivity contribution in [2.75, 3.05) is 11.1 Å². The van der Waals surface area contributed by atoms with Gasteiger partial charge in [0, 0.05) is 12.5 Å². The van der Waals surface area contributed by atoms with Crippen LogP contribution in [0.25, 0.3) is 0 Å². The van der Waals surface area contributed by atoms with E-state index < -0.39 is 0 Å². The largest absolute Gasteiger partial charge is 0.384 e. The number of aromatic nitrogens is 1. The van der Waals surface area contributed by atoms with E-state index >= 15 is 0 Å². The zero-order valence-corrected chi connectivity index (χ0v) is 8.03. The lowest BCUT2D eigenvalue weighted by Gasteiger charge is -2.12. The third-order valence-corrected chi connectivity index (χ3v) is 1.71. The third kappa shape index (κ3) is 3.30. The molecule has 14 heavy (non-hydrogen) atoms. The van der Waals surface area contributed by atoms with E-state index in [1.54, 1.807) is 18.3 Å². The Balaban J connectivity index is 2.51. The van der Waals surface area contributed by atoms with Crippen molar-refractivity contribution in [3.8, 4) is 0 Å². The fraction of sp³-hybridized carbons (Fsp3) is 0.333. The van der Waals surface area contributed by atoms with E-state index in [2.05, 4.69) is 10.3 Å². The molecule has 1 heterocycles. The topological polar surface area (TPSA) is 94.0 Å². The lowest BCUT2D eigenvalue weighted by atomic mass is 10.2. The van der Waals surface area contributed by atoms with Crippen molar-refractivity contribution in [1.29, 1.82) is 0 Å². The molecule has 0 bridgehead atoms. The molecule has 0 aliphatic carbocycles. The van der Waals surface area contributed by atoms with E-state index in [0.29, 0.717) is 12.2 Å². The summed E-state index contributed by atoms with van der Waals surface area (Å²) in [6.45, 7) is 1.88. The van der Waals surface area contributed by atoms with Crippen molar-refractivity contribution in [3.63, 3.8) is 0 Å². The molecule has 5 N–H and O–H groups in total. The zero-order valence-electron chi connectivity index (χ0n) is 8.03. The van der Waals surface area contributed by atoms with Gasteiger partial charge in [-0.25, -0.2) is 4.98 Å². The molecule has 0 radical (unpaired) electrons. The van der Waals surface area contributed by atoms with Crippen LogP contribution in [0.5, 0.6) is 0 Å². The van der Waals surface area contributed by atoms with Crippen LogP contribution in [0.15, 0.2) is 18.3 Å². The van der Waals surface area contributed by atoms with Crippen LogP contribution in [0.4, 0.5) is 11.5 Å². The lowest BCUT2D eigenvalue weighted by Crippen LogP contribution is -2.24. The Hall–Kier alpha value is -1.78. The van der Waals surface area contributed by atoms with Crippen LogP contribution >= 0.6 is 0 Å². The highest BCUT2D eigenvalue weighted by molar-refractivity contribution is 5.74. The molecule has 0 aliphatic rings. The molecular weight excluding hydrogens is 180 g/mol. The number of nitrogens with one attached hydrogen (secondary N) is 1. The minimum atomic E-state index is -0.326. The Morgan fingerprint density at radius 1 is 1.64 bits per heavy atom. The second-order valence-corrected chi connectivity index (χ2v) is 3.19. The standard InChI is InChI=1S/C9H14N4O/c1-6(4-9(11)14)13-7-2-3-8(10)12-5-7/h2-3,5-6,13H,4H2,1H3,(H2,10,12)(H2,11,14). The van der Waals surface area contributed by atoms with Crippen LogP contribution in [-0.2, 0) is 4.79 Å². The Morgan fingerprint density at radius 3 is 2.86 bits per heavy atom. The number of amides is 1. The number of primary amides is 1. The second-order valence-electron chi connectivity index (χ2n) is 3.19. The average Bonchev–Trinajstić information content (AvgIpc) is 2.07. The first kappa shape index (κ1) is 10.3. The predicted octanol–water partition coefficient (Wildman–Crippen LogP) is 0.340. The van der Waals surface area contributed by atoms with Crippen LogP contribution in [0.2, 0.25) is 0 Å². The number of nitrogens with zero attached hydrogens (tertiary/aromatic N) is 1. The van der Waals surface area contributed by atoms with Gasteiger partial charge in [-0.1, -0.05) is 0 Å². The summed E-state index contributed by atoms with van der Waals surface area (Å²) < 4.78 is 0. The van der Waals surface area contributed by atoms with Crippen molar-refractivity contribution in [2.24, 2.45) is 5.73 Å². The Bertz CT molecular complexity index is 309. The van der Waals surface area contributed by atoms with Gasteiger partial charge in [-0.2, -0.15) is 0 Å². The fourth-order valence-corrected chi connectivity index (χ4v) is 1.13. The molecule has 1 rings (SSSR count). The summed E-state index contributed by atoms with van der Waals surface area (Å²) in [5, 5.41) is 3.08. The van der Waals surface area contributed by atoms with Gasteiger partial charge in [-0.3, -0.25) is 4.79 Å². The summed E-state index contributed by atoms with van der Waals surface area (Å²) in [7, 11) is 0. The van der Waals surface area contributed by atoms with E-state index in [9.17, 15) is 4.79 Å². The molecule has 0 saturated carbocycles. The number of rotatable bonds is 4. The molecule has 0 aromatic carbocycles. The molecule has 76 valence electrons. The van der Waals surface area contributed by atoms with Crippen LogP contribution in [0.3, 0.4) is 0 Å². The number of pyridine rings is 1.